The molecule has 188 valence electrons. The van der Waals surface area contributed by atoms with Gasteiger partial charge in [0.1, 0.15) is 0 Å². The molecule has 0 atom stereocenters. The molecule has 0 amide bonds. The summed E-state index contributed by atoms with van der Waals surface area (Å²) in [4.78, 5) is 0. The second kappa shape index (κ2) is 16.5. The van der Waals surface area contributed by atoms with Crippen LogP contribution in [0, 0.1) is 0 Å². The maximum absolute atomic E-state index is 2.32. The Labute approximate surface area is 277 Å². The van der Waals surface area contributed by atoms with E-state index in [0.717, 1.165) is 12.8 Å². The summed E-state index contributed by atoms with van der Waals surface area (Å²) in [6.45, 7) is 4.41. The topological polar surface area (TPSA) is 0 Å². The molecule has 0 saturated carbocycles. The standard InChI is InChI=1S/2C17H15.2ClH.2Zr/c2*1-2-13-11-15-9-6-10-16(17(15)12-13)14-7-4-3-5-8-14;;;;/h2*3-12H,2H2,1H3;2*1H;;/q2*-1;;;2*+2/p-2. The van der Waals surface area contributed by atoms with E-state index in [0.29, 0.717) is 0 Å². The Bertz CT molecular complexity index is 1400. The van der Waals surface area contributed by atoms with Gasteiger partial charge >= 0.3 is 52.4 Å². The number of hydrogen-bond acceptors (Lipinski definition) is 0. The average molecular weight is 692 g/mol. The summed E-state index contributed by atoms with van der Waals surface area (Å²) in [5.74, 6) is 0. The number of aryl methyl sites for hydroxylation is 2. The molecule has 0 aliphatic rings. The summed E-state index contributed by atoms with van der Waals surface area (Å²) in [5.41, 5.74) is 8.11. The molecule has 0 radical (unpaired) electrons. The second-order valence-corrected chi connectivity index (χ2v) is 8.78. The minimum Gasteiger partial charge on any atom is -1.00 e. The Morgan fingerprint density at radius 3 is 1.18 bits per heavy atom. The first-order valence-electron chi connectivity index (χ1n) is 12.2. The van der Waals surface area contributed by atoms with Gasteiger partial charge in [0.15, 0.2) is 0 Å². The Morgan fingerprint density at radius 2 is 0.842 bits per heavy atom. The predicted molar refractivity (Wildman–Crippen MR) is 149 cm³/mol. The van der Waals surface area contributed by atoms with Gasteiger partial charge in [-0.3, -0.25) is 0 Å². The van der Waals surface area contributed by atoms with Gasteiger partial charge < -0.3 is 24.8 Å². The van der Waals surface area contributed by atoms with E-state index in [2.05, 4.69) is 135 Å². The molecule has 0 saturated heterocycles. The van der Waals surface area contributed by atoms with E-state index in [1.54, 1.807) is 0 Å². The first-order valence-corrected chi connectivity index (χ1v) is 12.2. The van der Waals surface area contributed by atoms with Gasteiger partial charge in [-0.15, -0.1) is 69.1 Å². The molecule has 0 nitrogen and oxygen atoms in total. The van der Waals surface area contributed by atoms with Gasteiger partial charge in [0.25, 0.3) is 0 Å². The summed E-state index contributed by atoms with van der Waals surface area (Å²) in [7, 11) is 0. The van der Waals surface area contributed by atoms with Crippen molar-refractivity contribution in [2.75, 3.05) is 0 Å². The van der Waals surface area contributed by atoms with Gasteiger partial charge in [-0.25, -0.2) is 0 Å². The van der Waals surface area contributed by atoms with E-state index in [-0.39, 0.29) is 77.2 Å². The number of hydrogen-bond donors (Lipinski definition) is 0. The minimum atomic E-state index is 0. The monoisotopic (exact) mass is 688 g/mol. The molecule has 6 aromatic rings. The molecule has 0 spiro atoms. The van der Waals surface area contributed by atoms with E-state index in [1.165, 1.54) is 54.9 Å². The van der Waals surface area contributed by atoms with Crippen LogP contribution in [0.3, 0.4) is 0 Å². The maximum atomic E-state index is 2.32. The van der Waals surface area contributed by atoms with Crippen molar-refractivity contribution in [3.63, 3.8) is 0 Å². The summed E-state index contributed by atoms with van der Waals surface area (Å²) in [5, 5.41) is 5.44. The Hall–Kier alpha value is -1.55. The van der Waals surface area contributed by atoms with Crippen molar-refractivity contribution in [3.05, 3.63) is 132 Å². The third-order valence-corrected chi connectivity index (χ3v) is 6.61. The van der Waals surface area contributed by atoms with E-state index in [1.807, 2.05) is 0 Å². The van der Waals surface area contributed by atoms with Crippen LogP contribution in [0.25, 0.3) is 43.8 Å². The molecule has 0 bridgehead atoms. The summed E-state index contributed by atoms with van der Waals surface area (Å²) in [6, 6.07) is 43.5. The Kier molecular flexibility index (Phi) is 15.0. The van der Waals surface area contributed by atoms with Gasteiger partial charge in [0.2, 0.25) is 0 Å². The normalized spacial score (nSPS) is 9.74. The fourth-order valence-electron chi connectivity index (χ4n) is 4.74. The van der Waals surface area contributed by atoms with E-state index in [9.17, 15) is 0 Å². The third-order valence-electron chi connectivity index (χ3n) is 6.61. The third kappa shape index (κ3) is 7.76. The number of rotatable bonds is 4. The van der Waals surface area contributed by atoms with Crippen molar-refractivity contribution in [1.29, 1.82) is 0 Å². The molecule has 6 rings (SSSR count). The van der Waals surface area contributed by atoms with Crippen LogP contribution in [-0.2, 0) is 65.2 Å². The Balaban J connectivity index is 0.000000344. The molecular weight excluding hydrogens is 662 g/mol. The van der Waals surface area contributed by atoms with Crippen molar-refractivity contribution >= 4 is 21.5 Å². The quantitative estimate of drug-likeness (QED) is 0.248. The van der Waals surface area contributed by atoms with E-state index >= 15 is 0 Å². The first kappa shape index (κ1) is 34.5. The van der Waals surface area contributed by atoms with E-state index < -0.39 is 0 Å². The maximum Gasteiger partial charge on any atom is 2.00 e. The van der Waals surface area contributed by atoms with Crippen LogP contribution < -0.4 is 24.8 Å². The van der Waals surface area contributed by atoms with Crippen molar-refractivity contribution < 1.29 is 77.2 Å². The zero-order valence-corrected chi connectivity index (χ0v) is 28.1. The fourth-order valence-corrected chi connectivity index (χ4v) is 4.74. The molecule has 0 aliphatic carbocycles. The smallest absolute Gasteiger partial charge is 1.00 e. The fraction of sp³-hybridized carbons (Fsp3) is 0.118. The van der Waals surface area contributed by atoms with Crippen molar-refractivity contribution in [3.8, 4) is 22.3 Å². The molecule has 0 unspecified atom stereocenters. The van der Waals surface area contributed by atoms with Crippen molar-refractivity contribution in [1.82, 2.24) is 0 Å². The van der Waals surface area contributed by atoms with Crippen LogP contribution in [0.1, 0.15) is 25.0 Å². The first-order chi connectivity index (χ1) is 16.8. The van der Waals surface area contributed by atoms with Crippen LogP contribution in [0.4, 0.5) is 0 Å². The van der Waals surface area contributed by atoms with Gasteiger partial charge in [-0.05, 0) is 24.0 Å². The summed E-state index contributed by atoms with van der Waals surface area (Å²) < 4.78 is 0. The average Bonchev–Trinajstić information content (AvgIpc) is 3.53. The van der Waals surface area contributed by atoms with Crippen molar-refractivity contribution in [2.24, 2.45) is 0 Å². The molecule has 0 aromatic heterocycles. The number of benzene rings is 4. The largest absolute Gasteiger partial charge is 2.00 e. The summed E-state index contributed by atoms with van der Waals surface area (Å²) >= 11 is 0. The minimum absolute atomic E-state index is 0. The zero-order chi connectivity index (χ0) is 23.3. The van der Waals surface area contributed by atoms with Crippen LogP contribution >= 0.6 is 0 Å². The van der Waals surface area contributed by atoms with E-state index in [4.69, 9.17) is 0 Å². The van der Waals surface area contributed by atoms with Gasteiger partial charge in [0.05, 0.1) is 0 Å². The zero-order valence-electron chi connectivity index (χ0n) is 21.7. The molecular formula is C34H30Cl2Zr2. The molecule has 4 heteroatoms. The van der Waals surface area contributed by atoms with Crippen LogP contribution in [-0.4, -0.2) is 0 Å². The Morgan fingerprint density at radius 1 is 0.474 bits per heavy atom. The molecule has 0 aliphatic heterocycles. The van der Waals surface area contributed by atoms with Crippen LogP contribution in [0.2, 0.25) is 0 Å². The number of fused-ring (bicyclic) bond motifs is 2. The van der Waals surface area contributed by atoms with Crippen molar-refractivity contribution in [2.45, 2.75) is 26.7 Å². The molecule has 38 heavy (non-hydrogen) atoms. The number of halogens is 2. The molecule has 0 fully saturated rings. The summed E-state index contributed by atoms with van der Waals surface area (Å²) in [6.07, 6.45) is 2.20. The van der Waals surface area contributed by atoms with Crippen LogP contribution in [0.15, 0.2) is 121 Å². The molecule has 0 heterocycles. The molecule has 0 N–H and O–H groups in total. The van der Waals surface area contributed by atoms with Gasteiger partial charge in [0, 0.05) is 0 Å². The predicted octanol–water partition coefficient (Wildman–Crippen LogP) is 3.58. The SMILES string of the molecule is CCc1cc2c(-c3ccccc3)cccc2[cH-]1.CCc1cc2c(-c3ccccc3)cccc2[cH-]1.[Cl-].[Cl-].[Zr+2].[Zr+2]. The van der Waals surface area contributed by atoms with Gasteiger partial charge in [-0.2, -0.15) is 12.1 Å². The second-order valence-electron chi connectivity index (χ2n) is 8.78. The molecule has 6 aromatic carbocycles. The van der Waals surface area contributed by atoms with Crippen LogP contribution in [0.5, 0.6) is 0 Å². The van der Waals surface area contributed by atoms with Gasteiger partial charge in [-0.1, -0.05) is 97.8 Å².